The molecule has 2 aromatic rings. The molecule has 3 rings (SSSR count). The highest BCUT2D eigenvalue weighted by Gasteiger charge is 2.20. The number of benzene rings is 1. The Labute approximate surface area is 121 Å². The summed E-state index contributed by atoms with van der Waals surface area (Å²) in [6, 6.07) is 7.57. The summed E-state index contributed by atoms with van der Waals surface area (Å²) in [7, 11) is 0. The number of imidazole rings is 1. The van der Waals surface area contributed by atoms with Gasteiger partial charge in [-0.2, -0.15) is 0 Å². The highest BCUT2D eigenvalue weighted by molar-refractivity contribution is 5.33. The number of nitrogens with zero attached hydrogens (tertiary/aromatic N) is 2. The first-order valence-electron chi connectivity index (χ1n) is 7.58. The third kappa shape index (κ3) is 3.10. The van der Waals surface area contributed by atoms with E-state index >= 15 is 0 Å². The topological polar surface area (TPSA) is 29.9 Å². The molecule has 0 atom stereocenters. The minimum Gasteiger partial charge on any atom is -0.335 e. The second-order valence-electron chi connectivity index (χ2n) is 5.72. The Kier molecular flexibility index (Phi) is 3.88. The zero-order valence-corrected chi connectivity index (χ0v) is 12.4. The lowest BCUT2D eigenvalue weighted by molar-refractivity contribution is 0.685. The average molecular weight is 269 g/mol. The van der Waals surface area contributed by atoms with Crippen molar-refractivity contribution in [2.45, 2.75) is 52.2 Å². The van der Waals surface area contributed by atoms with Crippen LogP contribution in [-0.2, 0) is 19.5 Å². The number of aromatic nitrogens is 2. The zero-order valence-electron chi connectivity index (χ0n) is 12.4. The smallest absolute Gasteiger partial charge is 0.113 e. The van der Waals surface area contributed by atoms with Crippen LogP contribution in [0.5, 0.6) is 0 Å². The van der Waals surface area contributed by atoms with Gasteiger partial charge in [0.05, 0.1) is 0 Å². The lowest BCUT2D eigenvalue weighted by Crippen LogP contribution is -2.15. The Morgan fingerprint density at radius 3 is 2.95 bits per heavy atom. The molecule has 1 aliphatic carbocycles. The molecule has 3 nitrogen and oxygen atoms in total. The van der Waals surface area contributed by atoms with Gasteiger partial charge in [-0.1, -0.05) is 18.2 Å². The van der Waals surface area contributed by atoms with Gasteiger partial charge in [-0.05, 0) is 43.4 Å². The molecule has 0 unspecified atom stereocenters. The van der Waals surface area contributed by atoms with Crippen molar-refractivity contribution in [1.29, 1.82) is 0 Å². The van der Waals surface area contributed by atoms with E-state index in [1.807, 2.05) is 6.20 Å². The van der Waals surface area contributed by atoms with E-state index in [1.165, 1.54) is 29.5 Å². The first-order valence-corrected chi connectivity index (χ1v) is 7.58. The van der Waals surface area contributed by atoms with Gasteiger partial charge >= 0.3 is 0 Å². The molecule has 0 amide bonds. The van der Waals surface area contributed by atoms with E-state index in [-0.39, 0.29) is 0 Å². The molecular formula is C17H23N3. The average Bonchev–Trinajstić information content (AvgIpc) is 3.18. The highest BCUT2D eigenvalue weighted by Crippen LogP contribution is 2.20. The molecule has 0 aliphatic heterocycles. The van der Waals surface area contributed by atoms with Crippen LogP contribution in [0.25, 0.3) is 0 Å². The third-order valence-corrected chi connectivity index (χ3v) is 4.08. The molecule has 0 saturated heterocycles. The second kappa shape index (κ2) is 5.80. The summed E-state index contributed by atoms with van der Waals surface area (Å²) < 4.78 is 2.22. The molecule has 1 aromatic heterocycles. The van der Waals surface area contributed by atoms with Crippen molar-refractivity contribution < 1.29 is 0 Å². The fourth-order valence-electron chi connectivity index (χ4n) is 2.54. The zero-order chi connectivity index (χ0) is 13.9. The molecule has 1 aliphatic rings. The normalized spacial score (nSPS) is 14.7. The summed E-state index contributed by atoms with van der Waals surface area (Å²) in [5.41, 5.74) is 4.12. The fourth-order valence-corrected chi connectivity index (χ4v) is 2.54. The van der Waals surface area contributed by atoms with Gasteiger partial charge < -0.3 is 9.88 Å². The SMILES string of the molecule is CCn1ccnc1Cc1cc(CNC2CC2)ccc1C. The fraction of sp³-hybridized carbons (Fsp3) is 0.471. The van der Waals surface area contributed by atoms with Crippen LogP contribution in [0.1, 0.15) is 42.3 Å². The van der Waals surface area contributed by atoms with Gasteiger partial charge in [0.25, 0.3) is 0 Å². The van der Waals surface area contributed by atoms with E-state index in [4.69, 9.17) is 0 Å². The Hall–Kier alpha value is -1.61. The maximum Gasteiger partial charge on any atom is 0.113 e. The van der Waals surface area contributed by atoms with Crippen molar-refractivity contribution in [3.8, 4) is 0 Å². The highest BCUT2D eigenvalue weighted by atomic mass is 15.0. The van der Waals surface area contributed by atoms with Crippen LogP contribution in [0, 0.1) is 6.92 Å². The van der Waals surface area contributed by atoms with Crippen LogP contribution in [0.15, 0.2) is 30.6 Å². The quantitative estimate of drug-likeness (QED) is 0.873. The Morgan fingerprint density at radius 1 is 1.35 bits per heavy atom. The van der Waals surface area contributed by atoms with Crippen molar-refractivity contribution in [3.63, 3.8) is 0 Å². The van der Waals surface area contributed by atoms with Crippen molar-refractivity contribution in [3.05, 3.63) is 53.1 Å². The largest absolute Gasteiger partial charge is 0.335 e. The Morgan fingerprint density at radius 2 is 2.20 bits per heavy atom. The summed E-state index contributed by atoms with van der Waals surface area (Å²) >= 11 is 0. The lowest BCUT2D eigenvalue weighted by atomic mass is 10.0. The van der Waals surface area contributed by atoms with E-state index < -0.39 is 0 Å². The summed E-state index contributed by atoms with van der Waals surface area (Å²) in [5, 5.41) is 3.58. The number of hydrogen-bond donors (Lipinski definition) is 1. The van der Waals surface area contributed by atoms with E-state index in [0.717, 1.165) is 31.4 Å². The van der Waals surface area contributed by atoms with Crippen LogP contribution in [0.4, 0.5) is 0 Å². The minimum absolute atomic E-state index is 0.763. The molecule has 1 saturated carbocycles. The predicted molar refractivity (Wildman–Crippen MR) is 81.7 cm³/mol. The summed E-state index contributed by atoms with van der Waals surface area (Å²) in [5.74, 6) is 1.16. The van der Waals surface area contributed by atoms with Crippen molar-refractivity contribution in [2.24, 2.45) is 0 Å². The molecule has 0 spiro atoms. The van der Waals surface area contributed by atoms with Gasteiger partial charge in [-0.25, -0.2) is 4.98 Å². The molecule has 1 fully saturated rings. The van der Waals surface area contributed by atoms with E-state index in [0.29, 0.717) is 0 Å². The molecule has 0 radical (unpaired) electrons. The van der Waals surface area contributed by atoms with Gasteiger partial charge in [0.2, 0.25) is 0 Å². The van der Waals surface area contributed by atoms with Crippen LogP contribution in [0.3, 0.4) is 0 Å². The summed E-state index contributed by atoms with van der Waals surface area (Å²) in [4.78, 5) is 4.48. The number of hydrogen-bond acceptors (Lipinski definition) is 2. The van der Waals surface area contributed by atoms with Crippen LogP contribution >= 0.6 is 0 Å². The minimum atomic E-state index is 0.763. The van der Waals surface area contributed by atoms with Crippen LogP contribution in [0.2, 0.25) is 0 Å². The van der Waals surface area contributed by atoms with Crippen molar-refractivity contribution >= 4 is 0 Å². The molecule has 3 heteroatoms. The van der Waals surface area contributed by atoms with Gasteiger partial charge in [0.1, 0.15) is 5.82 Å². The Balaban J connectivity index is 1.75. The monoisotopic (exact) mass is 269 g/mol. The van der Waals surface area contributed by atoms with E-state index in [1.54, 1.807) is 0 Å². The predicted octanol–water partition coefficient (Wildman–Crippen LogP) is 3.05. The Bertz CT molecular complexity index is 582. The van der Waals surface area contributed by atoms with Crippen molar-refractivity contribution in [1.82, 2.24) is 14.9 Å². The van der Waals surface area contributed by atoms with Gasteiger partial charge in [0.15, 0.2) is 0 Å². The maximum atomic E-state index is 4.48. The maximum absolute atomic E-state index is 4.48. The molecule has 1 aromatic carbocycles. The lowest BCUT2D eigenvalue weighted by Gasteiger charge is -2.10. The van der Waals surface area contributed by atoms with Crippen LogP contribution < -0.4 is 5.32 Å². The third-order valence-electron chi connectivity index (χ3n) is 4.08. The van der Waals surface area contributed by atoms with Gasteiger partial charge in [-0.3, -0.25) is 0 Å². The molecule has 1 heterocycles. The summed E-state index contributed by atoms with van der Waals surface area (Å²) in [6.07, 6.45) is 7.55. The van der Waals surface area contributed by atoms with Gasteiger partial charge in [-0.15, -0.1) is 0 Å². The molecular weight excluding hydrogens is 246 g/mol. The first-order chi connectivity index (χ1) is 9.76. The van der Waals surface area contributed by atoms with E-state index in [9.17, 15) is 0 Å². The molecule has 1 N–H and O–H groups in total. The molecule has 0 bridgehead atoms. The van der Waals surface area contributed by atoms with Crippen molar-refractivity contribution in [2.75, 3.05) is 0 Å². The number of nitrogens with one attached hydrogen (secondary N) is 1. The first kappa shape index (κ1) is 13.4. The number of aryl methyl sites for hydroxylation is 2. The molecule has 106 valence electrons. The number of rotatable bonds is 6. The molecule has 20 heavy (non-hydrogen) atoms. The standard InChI is InChI=1S/C17H23N3/c1-3-20-9-8-18-17(20)11-15-10-14(5-4-13(15)2)12-19-16-6-7-16/h4-5,8-10,16,19H,3,6-7,11-12H2,1-2H3. The second-order valence-corrected chi connectivity index (χ2v) is 5.72. The van der Waals surface area contributed by atoms with Crippen LogP contribution in [-0.4, -0.2) is 15.6 Å². The van der Waals surface area contributed by atoms with Gasteiger partial charge in [0, 0.05) is 37.9 Å². The summed E-state index contributed by atoms with van der Waals surface area (Å²) in [6.45, 7) is 6.32. The van der Waals surface area contributed by atoms with E-state index in [2.05, 4.69) is 53.1 Å².